The average molecular weight is 370 g/mol. The molecule has 0 aliphatic carbocycles. The van der Waals surface area contributed by atoms with Crippen LogP contribution in [0.5, 0.6) is 0 Å². The van der Waals surface area contributed by atoms with Crippen LogP contribution in [0, 0.1) is 0 Å². The van der Waals surface area contributed by atoms with Crippen molar-refractivity contribution in [2.24, 2.45) is 0 Å². The van der Waals surface area contributed by atoms with Gasteiger partial charge in [-0.05, 0) is 49.2 Å². The number of nitrogens with zero attached hydrogens (tertiary/aromatic N) is 2. The predicted molar refractivity (Wildman–Crippen MR) is 89.7 cm³/mol. The van der Waals surface area contributed by atoms with Gasteiger partial charge in [-0.25, -0.2) is 4.98 Å². The second-order valence-corrected chi connectivity index (χ2v) is 6.16. The van der Waals surface area contributed by atoms with Crippen LogP contribution in [0.4, 0.5) is 24.7 Å². The van der Waals surface area contributed by atoms with Gasteiger partial charge < -0.3 is 10.2 Å². The van der Waals surface area contributed by atoms with Crippen LogP contribution in [0.3, 0.4) is 0 Å². The summed E-state index contributed by atoms with van der Waals surface area (Å²) in [5.41, 5.74) is -0.190. The van der Waals surface area contributed by atoms with Crippen LogP contribution in [0.1, 0.15) is 18.5 Å². The molecule has 1 aromatic heterocycles. The molecule has 1 amide bonds. The minimum Gasteiger partial charge on any atom is -0.360 e. The second kappa shape index (κ2) is 6.92. The number of nitrogens with one attached hydrogen (secondary N) is 1. The maximum Gasteiger partial charge on any atom is 0.433 e. The molecule has 25 heavy (non-hydrogen) atoms. The Morgan fingerprint density at radius 2 is 1.92 bits per heavy atom. The van der Waals surface area contributed by atoms with Crippen LogP contribution in [0.2, 0.25) is 5.02 Å². The van der Waals surface area contributed by atoms with Crippen LogP contribution >= 0.6 is 11.6 Å². The molecule has 1 saturated heterocycles. The van der Waals surface area contributed by atoms with Gasteiger partial charge >= 0.3 is 6.18 Å². The lowest BCUT2D eigenvalue weighted by atomic mass is 10.2. The third-order valence-corrected chi connectivity index (χ3v) is 4.26. The quantitative estimate of drug-likeness (QED) is 0.874. The van der Waals surface area contributed by atoms with E-state index >= 15 is 0 Å². The molecule has 0 bridgehead atoms. The van der Waals surface area contributed by atoms with Gasteiger partial charge in [-0.1, -0.05) is 17.7 Å². The lowest BCUT2D eigenvalue weighted by molar-refractivity contribution is -0.141. The molecule has 3 rings (SSSR count). The third kappa shape index (κ3) is 4.04. The summed E-state index contributed by atoms with van der Waals surface area (Å²) in [4.78, 5) is 17.9. The number of rotatable bonds is 3. The highest BCUT2D eigenvalue weighted by Crippen LogP contribution is 2.29. The zero-order chi connectivity index (χ0) is 18.0. The van der Waals surface area contributed by atoms with E-state index in [2.05, 4.69) is 10.3 Å². The molecular weight excluding hydrogens is 355 g/mol. The summed E-state index contributed by atoms with van der Waals surface area (Å²) in [7, 11) is 0. The van der Waals surface area contributed by atoms with Gasteiger partial charge in [0.25, 0.3) is 0 Å². The number of pyridine rings is 1. The number of hydrogen-bond acceptors (Lipinski definition) is 3. The zero-order valence-electron chi connectivity index (χ0n) is 13.1. The first-order chi connectivity index (χ1) is 11.8. The molecule has 1 aromatic carbocycles. The van der Waals surface area contributed by atoms with Crippen LogP contribution in [-0.4, -0.2) is 23.5 Å². The average Bonchev–Trinajstić information content (AvgIpc) is 3.05. The van der Waals surface area contributed by atoms with Crippen LogP contribution in [0.15, 0.2) is 42.5 Å². The fourth-order valence-electron chi connectivity index (χ4n) is 2.85. The first-order valence-electron chi connectivity index (χ1n) is 7.72. The van der Waals surface area contributed by atoms with E-state index in [9.17, 15) is 18.0 Å². The number of halogens is 4. The molecule has 2 heterocycles. The van der Waals surface area contributed by atoms with Gasteiger partial charge in [-0.15, -0.1) is 0 Å². The SMILES string of the molecule is O=C(Nc1cccc(C(F)(F)F)n1)C1CCCN1c1ccc(Cl)cc1. The molecule has 1 atom stereocenters. The Bertz CT molecular complexity index is 764. The molecule has 4 nitrogen and oxygen atoms in total. The summed E-state index contributed by atoms with van der Waals surface area (Å²) in [5, 5.41) is 3.08. The minimum atomic E-state index is -4.55. The standard InChI is InChI=1S/C17H15ClF3N3O/c18-11-6-8-12(9-7-11)24-10-2-3-13(24)16(25)23-15-5-1-4-14(22-15)17(19,20)21/h1,4-9,13H,2-3,10H2,(H,22,23,25). The molecule has 1 aliphatic heterocycles. The largest absolute Gasteiger partial charge is 0.433 e. The summed E-state index contributed by atoms with van der Waals surface area (Å²) in [6.07, 6.45) is -3.12. The van der Waals surface area contributed by atoms with Gasteiger partial charge in [0.1, 0.15) is 17.6 Å². The second-order valence-electron chi connectivity index (χ2n) is 5.72. The molecule has 0 saturated carbocycles. The van der Waals surface area contributed by atoms with Crippen molar-refractivity contribution >= 4 is 29.0 Å². The van der Waals surface area contributed by atoms with Gasteiger partial charge in [0, 0.05) is 17.3 Å². The van der Waals surface area contributed by atoms with Crippen molar-refractivity contribution in [2.75, 3.05) is 16.8 Å². The van der Waals surface area contributed by atoms with Gasteiger partial charge in [0.2, 0.25) is 5.91 Å². The molecule has 132 valence electrons. The Morgan fingerprint density at radius 1 is 1.20 bits per heavy atom. The van der Waals surface area contributed by atoms with E-state index in [0.29, 0.717) is 18.0 Å². The number of aromatic nitrogens is 1. The molecule has 8 heteroatoms. The summed E-state index contributed by atoms with van der Waals surface area (Å²) in [6, 6.07) is 10.1. The first kappa shape index (κ1) is 17.5. The van der Waals surface area contributed by atoms with Gasteiger partial charge in [-0.2, -0.15) is 13.2 Å². The summed E-state index contributed by atoms with van der Waals surface area (Å²) >= 11 is 5.88. The molecule has 0 spiro atoms. The van der Waals surface area contributed by atoms with Crippen molar-refractivity contribution in [3.05, 3.63) is 53.2 Å². The Balaban J connectivity index is 1.75. The molecule has 1 unspecified atom stereocenters. The normalized spacial score (nSPS) is 17.6. The summed E-state index contributed by atoms with van der Waals surface area (Å²) < 4.78 is 38.2. The van der Waals surface area contributed by atoms with Crippen LogP contribution in [-0.2, 0) is 11.0 Å². The fourth-order valence-corrected chi connectivity index (χ4v) is 2.98. The molecule has 0 radical (unpaired) electrons. The number of benzene rings is 1. The number of carbonyl (C=O) groups excluding carboxylic acids is 1. The Kier molecular flexibility index (Phi) is 4.85. The van der Waals surface area contributed by atoms with E-state index < -0.39 is 17.9 Å². The van der Waals surface area contributed by atoms with Crippen molar-refractivity contribution in [1.82, 2.24) is 4.98 Å². The first-order valence-corrected chi connectivity index (χ1v) is 8.10. The molecular formula is C17H15ClF3N3O. The van der Waals surface area contributed by atoms with E-state index in [-0.39, 0.29) is 11.7 Å². The number of carbonyl (C=O) groups is 1. The summed E-state index contributed by atoms with van der Waals surface area (Å²) in [6.45, 7) is 0.690. The monoisotopic (exact) mass is 369 g/mol. The highest BCUT2D eigenvalue weighted by Gasteiger charge is 2.34. The highest BCUT2D eigenvalue weighted by atomic mass is 35.5. The third-order valence-electron chi connectivity index (χ3n) is 4.00. The van der Waals surface area contributed by atoms with Crippen molar-refractivity contribution < 1.29 is 18.0 Å². The number of anilines is 2. The molecule has 1 fully saturated rings. The lowest BCUT2D eigenvalue weighted by Crippen LogP contribution is -2.39. The molecule has 2 aromatic rings. The topological polar surface area (TPSA) is 45.2 Å². The van der Waals surface area contributed by atoms with Crippen LogP contribution < -0.4 is 10.2 Å². The Morgan fingerprint density at radius 3 is 2.60 bits per heavy atom. The Labute approximate surface area is 147 Å². The van der Waals surface area contributed by atoms with E-state index in [1.54, 1.807) is 12.1 Å². The van der Waals surface area contributed by atoms with Crippen molar-refractivity contribution in [3.63, 3.8) is 0 Å². The number of hydrogen-bond donors (Lipinski definition) is 1. The fraction of sp³-hybridized carbons (Fsp3) is 0.294. The maximum absolute atomic E-state index is 12.7. The maximum atomic E-state index is 12.7. The Hall–Kier alpha value is -2.28. The van der Waals surface area contributed by atoms with Crippen molar-refractivity contribution in [2.45, 2.75) is 25.1 Å². The summed E-state index contributed by atoms with van der Waals surface area (Å²) in [5.74, 6) is -0.484. The van der Waals surface area contributed by atoms with E-state index in [4.69, 9.17) is 11.6 Å². The number of amides is 1. The zero-order valence-corrected chi connectivity index (χ0v) is 13.8. The molecule has 1 N–H and O–H groups in total. The lowest BCUT2D eigenvalue weighted by Gasteiger charge is -2.26. The highest BCUT2D eigenvalue weighted by molar-refractivity contribution is 6.30. The van der Waals surface area contributed by atoms with Crippen LogP contribution in [0.25, 0.3) is 0 Å². The smallest absolute Gasteiger partial charge is 0.360 e. The van der Waals surface area contributed by atoms with E-state index in [0.717, 1.165) is 18.2 Å². The van der Waals surface area contributed by atoms with Crippen molar-refractivity contribution in [1.29, 1.82) is 0 Å². The molecule has 1 aliphatic rings. The minimum absolute atomic E-state index is 0.109. The van der Waals surface area contributed by atoms with E-state index in [1.807, 2.05) is 17.0 Å². The predicted octanol–water partition coefficient (Wildman–Crippen LogP) is 4.36. The van der Waals surface area contributed by atoms with Gasteiger partial charge in [0.05, 0.1) is 0 Å². The van der Waals surface area contributed by atoms with Gasteiger partial charge in [-0.3, -0.25) is 4.79 Å². The van der Waals surface area contributed by atoms with E-state index in [1.165, 1.54) is 12.1 Å². The van der Waals surface area contributed by atoms with Gasteiger partial charge in [0.15, 0.2) is 0 Å². The van der Waals surface area contributed by atoms with Crippen molar-refractivity contribution in [3.8, 4) is 0 Å². The number of alkyl halides is 3.